The summed E-state index contributed by atoms with van der Waals surface area (Å²) in [5.41, 5.74) is -0.184. The second-order valence-electron chi connectivity index (χ2n) is 7.03. The summed E-state index contributed by atoms with van der Waals surface area (Å²) in [4.78, 5) is 19.6. The standard InChI is InChI=1S/C14H22N4O3S.C2HF3O2/c1-22(19,20)18-7-2-4-14(11-18)10-17(8-9-21-12-14)13-15-5-3-6-16-13;3-2(4,5)1(6)7/h3,5-6H,2,4,7-12H2,1H3;(H,6,7). The van der Waals surface area contributed by atoms with Crippen LogP contribution in [0, 0.1) is 5.41 Å². The summed E-state index contributed by atoms with van der Waals surface area (Å²) < 4.78 is 62.9. The van der Waals surface area contributed by atoms with Crippen LogP contribution in [0.2, 0.25) is 0 Å². The van der Waals surface area contributed by atoms with Crippen molar-refractivity contribution in [2.45, 2.75) is 19.0 Å². The van der Waals surface area contributed by atoms with Crippen molar-refractivity contribution in [1.29, 1.82) is 0 Å². The van der Waals surface area contributed by atoms with Crippen molar-refractivity contribution in [3.63, 3.8) is 0 Å². The maximum atomic E-state index is 11.9. The molecule has 9 nitrogen and oxygen atoms in total. The lowest BCUT2D eigenvalue weighted by Gasteiger charge is -2.42. The normalized spacial score (nSPS) is 23.8. The number of aliphatic carboxylic acids is 1. The van der Waals surface area contributed by atoms with Crippen LogP contribution in [0.1, 0.15) is 12.8 Å². The van der Waals surface area contributed by atoms with E-state index in [-0.39, 0.29) is 5.41 Å². The first-order valence-electron chi connectivity index (χ1n) is 8.78. The molecule has 0 saturated carbocycles. The second-order valence-corrected chi connectivity index (χ2v) is 9.01. The minimum Gasteiger partial charge on any atom is -0.475 e. The lowest BCUT2D eigenvalue weighted by molar-refractivity contribution is -0.192. The predicted octanol–water partition coefficient (Wildman–Crippen LogP) is 0.988. The van der Waals surface area contributed by atoms with E-state index in [1.54, 1.807) is 22.8 Å². The molecular formula is C16H23F3N4O5S. The number of nitrogens with zero attached hydrogens (tertiary/aromatic N) is 4. The average Bonchev–Trinajstić information content (AvgIpc) is 2.84. The Morgan fingerprint density at radius 2 is 1.86 bits per heavy atom. The van der Waals surface area contributed by atoms with E-state index in [1.165, 1.54) is 6.26 Å². The molecule has 29 heavy (non-hydrogen) atoms. The number of aromatic nitrogens is 2. The topological polar surface area (TPSA) is 113 Å². The largest absolute Gasteiger partial charge is 0.490 e. The molecule has 2 aliphatic rings. The molecule has 2 aliphatic heterocycles. The molecule has 0 radical (unpaired) electrons. The fourth-order valence-corrected chi connectivity index (χ4v) is 4.28. The fraction of sp³-hybridized carbons (Fsp3) is 0.688. The number of hydrogen-bond acceptors (Lipinski definition) is 7. The maximum Gasteiger partial charge on any atom is 0.490 e. The lowest BCUT2D eigenvalue weighted by atomic mass is 9.81. The SMILES string of the molecule is CS(=O)(=O)N1CCCC2(COCCN(c3ncccn3)C2)C1.O=C(O)C(F)(F)F. The highest BCUT2D eigenvalue weighted by molar-refractivity contribution is 7.88. The number of rotatable bonds is 2. The van der Waals surface area contributed by atoms with Crippen LogP contribution in [0.25, 0.3) is 0 Å². The number of carboxylic acids is 1. The van der Waals surface area contributed by atoms with Gasteiger partial charge in [-0.25, -0.2) is 27.5 Å². The molecule has 0 aliphatic carbocycles. The van der Waals surface area contributed by atoms with Crippen LogP contribution in [0.5, 0.6) is 0 Å². The summed E-state index contributed by atoms with van der Waals surface area (Å²) in [6.45, 7) is 3.76. The number of ether oxygens (including phenoxy) is 1. The van der Waals surface area contributed by atoms with Gasteiger partial charge in [-0.3, -0.25) is 0 Å². The fourth-order valence-electron chi connectivity index (χ4n) is 3.31. The predicted molar refractivity (Wildman–Crippen MR) is 96.8 cm³/mol. The summed E-state index contributed by atoms with van der Waals surface area (Å²) >= 11 is 0. The van der Waals surface area contributed by atoms with E-state index in [4.69, 9.17) is 14.6 Å². The molecule has 1 aromatic rings. The van der Waals surface area contributed by atoms with Gasteiger partial charge in [-0.15, -0.1) is 0 Å². The molecular weight excluding hydrogens is 417 g/mol. The number of sulfonamides is 1. The molecule has 1 aromatic heterocycles. The van der Waals surface area contributed by atoms with E-state index < -0.39 is 22.2 Å². The summed E-state index contributed by atoms with van der Waals surface area (Å²) in [5, 5.41) is 7.12. The number of halogens is 3. The van der Waals surface area contributed by atoms with Gasteiger partial charge in [-0.05, 0) is 18.9 Å². The third-order valence-electron chi connectivity index (χ3n) is 4.61. The van der Waals surface area contributed by atoms with Gasteiger partial charge in [0.2, 0.25) is 16.0 Å². The van der Waals surface area contributed by atoms with Crippen molar-refractivity contribution >= 4 is 21.9 Å². The smallest absolute Gasteiger partial charge is 0.475 e. The zero-order chi connectivity index (χ0) is 21.7. The van der Waals surface area contributed by atoms with Gasteiger partial charge in [0.1, 0.15) is 0 Å². The van der Waals surface area contributed by atoms with E-state index in [9.17, 15) is 21.6 Å². The quantitative estimate of drug-likeness (QED) is 0.725. The van der Waals surface area contributed by atoms with Crippen LogP contribution >= 0.6 is 0 Å². The zero-order valence-corrected chi connectivity index (χ0v) is 16.6. The van der Waals surface area contributed by atoms with Crippen molar-refractivity contribution < 1.29 is 36.2 Å². The van der Waals surface area contributed by atoms with Crippen LogP contribution in [-0.4, -0.2) is 85.6 Å². The Hall–Kier alpha value is -1.99. The molecule has 3 heterocycles. The number of piperidine rings is 1. The highest BCUT2D eigenvalue weighted by atomic mass is 32.2. The van der Waals surface area contributed by atoms with Crippen LogP contribution < -0.4 is 4.90 Å². The molecule has 1 spiro atoms. The molecule has 164 valence electrons. The molecule has 0 aromatic carbocycles. The third-order valence-corrected chi connectivity index (χ3v) is 5.86. The van der Waals surface area contributed by atoms with E-state index in [1.807, 2.05) is 0 Å². The van der Waals surface area contributed by atoms with Gasteiger partial charge in [0.05, 0.1) is 19.5 Å². The Morgan fingerprint density at radius 1 is 1.24 bits per heavy atom. The number of anilines is 1. The van der Waals surface area contributed by atoms with Gasteiger partial charge in [0.25, 0.3) is 0 Å². The number of alkyl halides is 3. The zero-order valence-electron chi connectivity index (χ0n) is 15.8. The summed E-state index contributed by atoms with van der Waals surface area (Å²) in [5.74, 6) is -2.07. The summed E-state index contributed by atoms with van der Waals surface area (Å²) in [7, 11) is -3.17. The van der Waals surface area contributed by atoms with Crippen molar-refractivity contribution in [3.05, 3.63) is 18.5 Å². The molecule has 1 N–H and O–H groups in total. The first-order valence-corrected chi connectivity index (χ1v) is 10.6. The molecule has 13 heteroatoms. The van der Waals surface area contributed by atoms with Crippen molar-refractivity contribution in [2.75, 3.05) is 50.5 Å². The first kappa shape index (κ1) is 23.3. The maximum absolute atomic E-state index is 11.9. The van der Waals surface area contributed by atoms with E-state index in [0.717, 1.165) is 25.9 Å². The Kier molecular flexibility index (Phi) is 7.40. The minimum absolute atomic E-state index is 0.184. The van der Waals surface area contributed by atoms with Gasteiger partial charge in [0, 0.05) is 44.0 Å². The Balaban J connectivity index is 0.000000370. The van der Waals surface area contributed by atoms with E-state index >= 15 is 0 Å². The Bertz CT molecular complexity index is 793. The van der Waals surface area contributed by atoms with Crippen molar-refractivity contribution in [1.82, 2.24) is 14.3 Å². The molecule has 0 amide bonds. The molecule has 3 rings (SSSR count). The van der Waals surface area contributed by atoms with Crippen LogP contribution in [0.3, 0.4) is 0 Å². The highest BCUT2D eigenvalue weighted by Crippen LogP contribution is 2.34. The van der Waals surface area contributed by atoms with Crippen LogP contribution in [0.15, 0.2) is 18.5 Å². The number of carbonyl (C=O) groups is 1. The molecule has 1 atom stereocenters. The first-order chi connectivity index (χ1) is 13.4. The number of hydrogen-bond donors (Lipinski definition) is 1. The second kappa shape index (κ2) is 9.22. The molecule has 1 unspecified atom stereocenters. The third kappa shape index (κ3) is 6.78. The summed E-state index contributed by atoms with van der Waals surface area (Å²) in [6, 6.07) is 1.79. The van der Waals surface area contributed by atoms with Gasteiger partial charge >= 0.3 is 12.1 Å². The van der Waals surface area contributed by atoms with Gasteiger partial charge in [-0.1, -0.05) is 0 Å². The minimum atomic E-state index is -5.08. The van der Waals surface area contributed by atoms with Gasteiger partial charge < -0.3 is 14.7 Å². The molecule has 2 saturated heterocycles. The van der Waals surface area contributed by atoms with Crippen molar-refractivity contribution in [2.24, 2.45) is 5.41 Å². The Morgan fingerprint density at radius 3 is 2.41 bits per heavy atom. The van der Waals surface area contributed by atoms with Crippen LogP contribution in [-0.2, 0) is 19.6 Å². The van der Waals surface area contributed by atoms with Gasteiger partial charge in [0.15, 0.2) is 0 Å². The van der Waals surface area contributed by atoms with Crippen LogP contribution in [0.4, 0.5) is 19.1 Å². The van der Waals surface area contributed by atoms with Crippen molar-refractivity contribution in [3.8, 4) is 0 Å². The monoisotopic (exact) mass is 440 g/mol. The van der Waals surface area contributed by atoms with E-state index in [2.05, 4.69) is 14.9 Å². The average molecular weight is 440 g/mol. The highest BCUT2D eigenvalue weighted by Gasteiger charge is 2.41. The molecule has 2 fully saturated rings. The lowest BCUT2D eigenvalue weighted by Crippen LogP contribution is -2.52. The van der Waals surface area contributed by atoms with Gasteiger partial charge in [-0.2, -0.15) is 13.2 Å². The van der Waals surface area contributed by atoms with E-state index in [0.29, 0.717) is 32.3 Å². The summed E-state index contributed by atoms with van der Waals surface area (Å²) in [6.07, 6.45) is 1.47. The number of carboxylic acid groups (broad SMARTS) is 1. The molecule has 0 bridgehead atoms. The Labute approximate surface area is 166 Å².